The van der Waals surface area contributed by atoms with Crippen molar-refractivity contribution in [3.05, 3.63) is 103 Å². The van der Waals surface area contributed by atoms with Crippen LogP contribution in [0.4, 0.5) is 5.69 Å². The number of rotatable bonds is 3. The minimum Gasteiger partial charge on any atom is -0.277 e. The number of anilines is 1. The lowest BCUT2D eigenvalue weighted by atomic mass is 10.1. The molecule has 27 heavy (non-hydrogen) atoms. The number of nitrogens with zero attached hydrogens (tertiary/aromatic N) is 2. The molecule has 1 N–H and O–H groups in total. The highest BCUT2D eigenvalue weighted by molar-refractivity contribution is 9.11. The summed E-state index contributed by atoms with van der Waals surface area (Å²) in [5.41, 5.74) is 8.37. The van der Waals surface area contributed by atoms with Crippen LogP contribution in [0.3, 0.4) is 0 Å². The van der Waals surface area contributed by atoms with Crippen LogP contribution < -0.4 is 10.5 Å². The second kappa shape index (κ2) is 8.00. The molecule has 4 rings (SSSR count). The van der Waals surface area contributed by atoms with Crippen LogP contribution in [0.1, 0.15) is 11.1 Å². The standard InChI is InChI=1S/C21H14Br3N3/c22-16-5-1-14(2-6-16)20-13-21(15-3-7-17(23)8-4-15)26-27(25-20)19-11-9-18(24)10-12-19/h1-13,25H. The molecule has 0 radical (unpaired) electrons. The maximum atomic E-state index is 4.80. The molecule has 0 aromatic heterocycles. The van der Waals surface area contributed by atoms with Crippen molar-refractivity contribution in [1.82, 2.24) is 5.43 Å². The van der Waals surface area contributed by atoms with Gasteiger partial charge >= 0.3 is 0 Å². The fourth-order valence-electron chi connectivity index (χ4n) is 2.69. The summed E-state index contributed by atoms with van der Waals surface area (Å²) in [6, 6.07) is 24.4. The Kier molecular flexibility index (Phi) is 5.48. The SMILES string of the molecule is Brc1ccc(C2=CC(c3ccc(Br)cc3)=NN(c3ccc(Br)cc3)N2)cc1. The zero-order valence-electron chi connectivity index (χ0n) is 14.0. The Bertz CT molecular complexity index is 1010. The molecule has 0 spiro atoms. The van der Waals surface area contributed by atoms with Gasteiger partial charge in [0.25, 0.3) is 0 Å². The Hall–Kier alpha value is -1.89. The van der Waals surface area contributed by atoms with Crippen LogP contribution in [0.15, 0.2) is 97.4 Å². The fourth-order valence-corrected chi connectivity index (χ4v) is 3.48. The van der Waals surface area contributed by atoms with E-state index in [1.165, 1.54) is 0 Å². The molecule has 0 bridgehead atoms. The van der Waals surface area contributed by atoms with Crippen molar-refractivity contribution < 1.29 is 0 Å². The lowest BCUT2D eigenvalue weighted by Crippen LogP contribution is -2.36. The molecular weight excluding hydrogens is 534 g/mol. The van der Waals surface area contributed by atoms with Crippen LogP contribution in [0.25, 0.3) is 5.70 Å². The first-order valence-corrected chi connectivity index (χ1v) is 10.6. The van der Waals surface area contributed by atoms with Gasteiger partial charge in [0.15, 0.2) is 0 Å². The molecular formula is C21H14Br3N3. The quantitative estimate of drug-likeness (QED) is 0.393. The fraction of sp³-hybridized carbons (Fsp3) is 0. The van der Waals surface area contributed by atoms with Gasteiger partial charge in [-0.1, -0.05) is 72.1 Å². The average molecular weight is 548 g/mol. The van der Waals surface area contributed by atoms with E-state index >= 15 is 0 Å². The monoisotopic (exact) mass is 545 g/mol. The molecule has 3 nitrogen and oxygen atoms in total. The minimum absolute atomic E-state index is 0.891. The predicted octanol–water partition coefficient (Wildman–Crippen LogP) is 6.74. The Morgan fingerprint density at radius 3 is 1.67 bits per heavy atom. The number of hydrogen-bond donors (Lipinski definition) is 1. The third-order valence-corrected chi connectivity index (χ3v) is 5.67. The topological polar surface area (TPSA) is 27.6 Å². The zero-order chi connectivity index (χ0) is 18.8. The molecule has 0 aliphatic carbocycles. The molecule has 0 unspecified atom stereocenters. The van der Waals surface area contributed by atoms with E-state index in [1.54, 1.807) is 5.12 Å². The Morgan fingerprint density at radius 1 is 0.630 bits per heavy atom. The van der Waals surface area contributed by atoms with E-state index in [9.17, 15) is 0 Å². The first-order valence-electron chi connectivity index (χ1n) is 8.23. The first kappa shape index (κ1) is 18.5. The summed E-state index contributed by atoms with van der Waals surface area (Å²) >= 11 is 10.5. The van der Waals surface area contributed by atoms with Gasteiger partial charge in [-0.25, -0.2) is 0 Å². The van der Waals surface area contributed by atoms with Gasteiger partial charge in [0.1, 0.15) is 0 Å². The van der Waals surface area contributed by atoms with Crippen molar-refractivity contribution in [2.75, 3.05) is 5.12 Å². The van der Waals surface area contributed by atoms with Gasteiger partial charge in [-0.05, 0) is 60.2 Å². The summed E-state index contributed by atoms with van der Waals surface area (Å²) in [5.74, 6) is 0. The van der Waals surface area contributed by atoms with Crippen LogP contribution >= 0.6 is 47.8 Å². The van der Waals surface area contributed by atoms with Gasteiger partial charge in [0, 0.05) is 19.0 Å². The van der Waals surface area contributed by atoms with Gasteiger partial charge in [0.05, 0.1) is 17.1 Å². The van der Waals surface area contributed by atoms with Crippen molar-refractivity contribution in [1.29, 1.82) is 0 Å². The Labute approximate surface area is 183 Å². The molecule has 3 aromatic carbocycles. The second-order valence-corrected chi connectivity index (χ2v) is 8.70. The maximum absolute atomic E-state index is 4.80. The summed E-state index contributed by atoms with van der Waals surface area (Å²) in [6.07, 6.45) is 2.07. The molecule has 0 fully saturated rings. The zero-order valence-corrected chi connectivity index (χ0v) is 18.8. The summed E-state index contributed by atoms with van der Waals surface area (Å²) in [5, 5.41) is 6.60. The number of allylic oxidation sites excluding steroid dienone is 1. The van der Waals surface area contributed by atoms with E-state index in [-0.39, 0.29) is 0 Å². The molecule has 0 saturated heterocycles. The molecule has 1 aliphatic heterocycles. The van der Waals surface area contributed by atoms with Crippen LogP contribution in [0.2, 0.25) is 0 Å². The molecule has 1 heterocycles. The summed E-state index contributed by atoms with van der Waals surface area (Å²) in [6.45, 7) is 0. The van der Waals surface area contributed by atoms with Crippen molar-refractivity contribution in [2.45, 2.75) is 0 Å². The minimum atomic E-state index is 0.891. The number of nitrogens with one attached hydrogen (secondary N) is 1. The predicted molar refractivity (Wildman–Crippen MR) is 123 cm³/mol. The lowest BCUT2D eigenvalue weighted by Gasteiger charge is -2.28. The highest BCUT2D eigenvalue weighted by atomic mass is 79.9. The molecule has 0 amide bonds. The lowest BCUT2D eigenvalue weighted by molar-refractivity contribution is 0.787. The molecule has 0 atom stereocenters. The van der Waals surface area contributed by atoms with Crippen molar-refractivity contribution in [3.63, 3.8) is 0 Å². The van der Waals surface area contributed by atoms with Gasteiger partial charge in [-0.3, -0.25) is 5.43 Å². The van der Waals surface area contributed by atoms with E-state index in [1.807, 2.05) is 48.5 Å². The normalized spacial score (nSPS) is 13.7. The molecule has 6 heteroatoms. The Morgan fingerprint density at radius 2 is 1.11 bits per heavy atom. The first-order chi connectivity index (χ1) is 13.1. The molecule has 3 aromatic rings. The van der Waals surface area contributed by atoms with Crippen LogP contribution in [-0.4, -0.2) is 5.71 Å². The Balaban J connectivity index is 1.77. The van der Waals surface area contributed by atoms with E-state index < -0.39 is 0 Å². The molecule has 1 aliphatic rings. The number of hydrazine groups is 1. The van der Waals surface area contributed by atoms with Crippen molar-refractivity contribution in [3.8, 4) is 0 Å². The van der Waals surface area contributed by atoms with Gasteiger partial charge in [-0.15, -0.1) is 0 Å². The average Bonchev–Trinajstić information content (AvgIpc) is 2.69. The van der Waals surface area contributed by atoms with E-state index in [0.29, 0.717) is 0 Å². The number of halogens is 3. The third-order valence-electron chi connectivity index (χ3n) is 4.08. The number of benzene rings is 3. The van der Waals surface area contributed by atoms with E-state index in [4.69, 9.17) is 5.10 Å². The molecule has 134 valence electrons. The molecule has 0 saturated carbocycles. The van der Waals surface area contributed by atoms with Crippen molar-refractivity contribution >= 4 is 64.9 Å². The number of hydrazone groups is 1. The van der Waals surface area contributed by atoms with Crippen molar-refractivity contribution in [2.24, 2.45) is 5.10 Å². The third kappa shape index (κ3) is 4.34. The summed E-state index contributed by atoms with van der Waals surface area (Å²) in [4.78, 5) is 0. The smallest absolute Gasteiger partial charge is 0.0950 e. The highest BCUT2D eigenvalue weighted by Gasteiger charge is 2.17. The van der Waals surface area contributed by atoms with E-state index in [2.05, 4.69) is 83.6 Å². The van der Waals surface area contributed by atoms with Crippen LogP contribution in [0.5, 0.6) is 0 Å². The number of hydrogen-bond acceptors (Lipinski definition) is 3. The van der Waals surface area contributed by atoms with Crippen LogP contribution in [0, 0.1) is 0 Å². The van der Waals surface area contributed by atoms with Gasteiger partial charge in [0.2, 0.25) is 0 Å². The highest BCUT2D eigenvalue weighted by Crippen LogP contribution is 2.25. The largest absolute Gasteiger partial charge is 0.277 e. The van der Waals surface area contributed by atoms with Gasteiger partial charge in [-0.2, -0.15) is 10.2 Å². The second-order valence-electron chi connectivity index (χ2n) is 5.96. The van der Waals surface area contributed by atoms with Crippen LogP contribution in [-0.2, 0) is 0 Å². The maximum Gasteiger partial charge on any atom is 0.0950 e. The summed E-state index contributed by atoms with van der Waals surface area (Å²) < 4.78 is 3.13. The van der Waals surface area contributed by atoms with Gasteiger partial charge < -0.3 is 0 Å². The van der Waals surface area contributed by atoms with E-state index in [0.717, 1.165) is 41.6 Å². The summed E-state index contributed by atoms with van der Waals surface area (Å²) in [7, 11) is 0.